The molecule has 1 aromatic heterocycles. The number of aromatic hydroxyl groups is 1. The molecule has 0 saturated carbocycles. The Morgan fingerprint density at radius 2 is 1.76 bits per heavy atom. The molecule has 0 aliphatic heterocycles. The lowest BCUT2D eigenvalue weighted by atomic mass is 9.97. The van der Waals surface area contributed by atoms with E-state index in [1.165, 1.54) is 0 Å². The molecule has 0 radical (unpaired) electrons. The van der Waals surface area contributed by atoms with Crippen molar-refractivity contribution in [3.8, 4) is 22.6 Å². The van der Waals surface area contributed by atoms with Crippen molar-refractivity contribution in [1.82, 2.24) is 10.3 Å². The van der Waals surface area contributed by atoms with Crippen molar-refractivity contribution in [1.29, 1.82) is 0 Å². The Bertz CT molecular complexity index is 1180. The topological polar surface area (TPSA) is 83.5 Å². The van der Waals surface area contributed by atoms with Gasteiger partial charge in [-0.15, -0.1) is 0 Å². The van der Waals surface area contributed by atoms with Gasteiger partial charge in [0.05, 0.1) is 6.61 Å². The van der Waals surface area contributed by atoms with Crippen LogP contribution >= 0.6 is 0 Å². The highest BCUT2D eigenvalue weighted by atomic mass is 16.5. The van der Waals surface area contributed by atoms with Crippen molar-refractivity contribution in [2.24, 2.45) is 0 Å². The van der Waals surface area contributed by atoms with Gasteiger partial charge in [0.1, 0.15) is 11.5 Å². The van der Waals surface area contributed by atoms with Crippen molar-refractivity contribution in [2.75, 3.05) is 11.9 Å². The summed E-state index contributed by atoms with van der Waals surface area (Å²) in [6, 6.07) is 26.1. The maximum atomic E-state index is 12.1. The molecule has 6 nitrogen and oxygen atoms in total. The molecule has 0 spiro atoms. The largest absolute Gasteiger partial charge is 0.508 e. The van der Waals surface area contributed by atoms with Crippen LogP contribution in [0.1, 0.15) is 11.1 Å². The SMILES string of the molecule is O=C(NCc1cccnc1)Nc1ccc(OCCc2ccc(O)cc2-c2ccccc2)cc1. The van der Waals surface area contributed by atoms with Crippen molar-refractivity contribution < 1.29 is 14.6 Å². The van der Waals surface area contributed by atoms with E-state index in [0.717, 1.165) is 28.0 Å². The Kier molecular flexibility index (Phi) is 7.18. The highest BCUT2D eigenvalue weighted by molar-refractivity contribution is 5.89. The van der Waals surface area contributed by atoms with Crippen LogP contribution in [0.2, 0.25) is 0 Å². The maximum Gasteiger partial charge on any atom is 0.319 e. The molecule has 0 unspecified atom stereocenters. The second kappa shape index (κ2) is 10.8. The molecule has 3 aromatic carbocycles. The van der Waals surface area contributed by atoms with Crippen molar-refractivity contribution in [2.45, 2.75) is 13.0 Å². The summed E-state index contributed by atoms with van der Waals surface area (Å²) in [4.78, 5) is 16.1. The lowest BCUT2D eigenvalue weighted by Crippen LogP contribution is -2.28. The van der Waals surface area contributed by atoms with Gasteiger partial charge in [-0.3, -0.25) is 4.98 Å². The summed E-state index contributed by atoms with van der Waals surface area (Å²) in [6.45, 7) is 0.895. The highest BCUT2D eigenvalue weighted by Gasteiger charge is 2.07. The average Bonchev–Trinajstić information content (AvgIpc) is 2.86. The summed E-state index contributed by atoms with van der Waals surface area (Å²) in [5.41, 5.74) is 4.76. The fraction of sp³-hybridized carbons (Fsp3) is 0.111. The van der Waals surface area contributed by atoms with Crippen LogP contribution in [0.4, 0.5) is 10.5 Å². The number of nitrogens with zero attached hydrogens (tertiary/aromatic N) is 1. The minimum Gasteiger partial charge on any atom is -0.508 e. The van der Waals surface area contributed by atoms with Gasteiger partial charge in [0.15, 0.2) is 0 Å². The summed E-state index contributed by atoms with van der Waals surface area (Å²) in [5, 5.41) is 15.5. The van der Waals surface area contributed by atoms with Gasteiger partial charge in [-0.05, 0) is 64.7 Å². The number of amides is 2. The number of rotatable bonds is 8. The zero-order chi connectivity index (χ0) is 22.9. The first-order valence-corrected chi connectivity index (χ1v) is 10.7. The Hall–Kier alpha value is -4.32. The van der Waals surface area contributed by atoms with Crippen molar-refractivity contribution >= 4 is 11.7 Å². The number of carbonyl (C=O) groups is 1. The van der Waals surface area contributed by atoms with Crippen LogP contribution in [0, 0.1) is 0 Å². The van der Waals surface area contributed by atoms with Gasteiger partial charge >= 0.3 is 6.03 Å². The minimum atomic E-state index is -0.284. The van der Waals surface area contributed by atoms with E-state index in [0.29, 0.717) is 25.3 Å². The van der Waals surface area contributed by atoms with Crippen LogP contribution in [0.25, 0.3) is 11.1 Å². The molecule has 0 aliphatic rings. The molecular formula is C27H25N3O3. The summed E-state index contributed by atoms with van der Waals surface area (Å²) < 4.78 is 5.90. The summed E-state index contributed by atoms with van der Waals surface area (Å²) in [7, 11) is 0. The predicted octanol–water partition coefficient (Wildman–Crippen LogP) is 5.40. The first kappa shape index (κ1) is 21.9. The Morgan fingerprint density at radius 1 is 0.939 bits per heavy atom. The molecule has 0 aliphatic carbocycles. The second-order valence-corrected chi connectivity index (χ2v) is 7.50. The summed E-state index contributed by atoms with van der Waals surface area (Å²) in [6.07, 6.45) is 4.11. The highest BCUT2D eigenvalue weighted by Crippen LogP contribution is 2.28. The van der Waals surface area contributed by atoms with Crippen LogP contribution in [0.3, 0.4) is 0 Å². The molecule has 3 N–H and O–H groups in total. The molecule has 2 amide bonds. The number of phenols is 1. The number of aromatic nitrogens is 1. The molecule has 0 atom stereocenters. The van der Waals surface area contributed by atoms with Gasteiger partial charge in [0.2, 0.25) is 0 Å². The second-order valence-electron chi connectivity index (χ2n) is 7.50. The van der Waals surface area contributed by atoms with Gasteiger partial charge in [-0.25, -0.2) is 4.79 Å². The van der Waals surface area contributed by atoms with E-state index in [1.54, 1.807) is 36.7 Å². The first-order chi connectivity index (χ1) is 16.2. The number of nitrogens with one attached hydrogen (secondary N) is 2. The van der Waals surface area contributed by atoms with Crippen LogP contribution in [0.15, 0.2) is 97.3 Å². The van der Waals surface area contributed by atoms with E-state index in [2.05, 4.69) is 15.6 Å². The molecular weight excluding hydrogens is 414 g/mol. The smallest absolute Gasteiger partial charge is 0.319 e. The van der Waals surface area contributed by atoms with Crippen LogP contribution < -0.4 is 15.4 Å². The number of phenolic OH excluding ortho intramolecular Hbond substituents is 1. The molecule has 4 aromatic rings. The number of carbonyl (C=O) groups excluding carboxylic acids is 1. The fourth-order valence-electron chi connectivity index (χ4n) is 3.44. The van der Waals surface area contributed by atoms with Gasteiger partial charge in [-0.1, -0.05) is 42.5 Å². The molecule has 166 valence electrons. The third-order valence-electron chi connectivity index (χ3n) is 5.11. The van der Waals surface area contributed by atoms with Gasteiger partial charge in [0.25, 0.3) is 0 Å². The monoisotopic (exact) mass is 439 g/mol. The van der Waals surface area contributed by atoms with Crippen molar-refractivity contribution in [3.63, 3.8) is 0 Å². The number of benzene rings is 3. The van der Waals surface area contributed by atoms with Gasteiger partial charge < -0.3 is 20.5 Å². The molecule has 4 rings (SSSR count). The lowest BCUT2D eigenvalue weighted by molar-refractivity contribution is 0.251. The fourth-order valence-corrected chi connectivity index (χ4v) is 3.44. The van der Waals surface area contributed by atoms with E-state index in [-0.39, 0.29) is 11.8 Å². The normalized spacial score (nSPS) is 10.4. The quantitative estimate of drug-likeness (QED) is 0.343. The standard InChI is InChI=1S/C27H25N3O3/c31-24-11-8-22(26(17-24)21-6-2-1-3-7-21)14-16-33-25-12-9-23(10-13-25)30-27(32)29-19-20-5-4-15-28-18-20/h1-13,15,17-18,31H,14,16,19H2,(H2,29,30,32). The Balaban J connectivity index is 1.28. The van der Waals surface area contributed by atoms with Crippen LogP contribution in [-0.2, 0) is 13.0 Å². The molecule has 33 heavy (non-hydrogen) atoms. The third kappa shape index (κ3) is 6.33. The van der Waals surface area contributed by atoms with E-state index in [9.17, 15) is 9.90 Å². The Morgan fingerprint density at radius 3 is 2.52 bits per heavy atom. The number of pyridine rings is 1. The molecule has 0 bridgehead atoms. The van der Waals surface area contributed by atoms with E-state index < -0.39 is 0 Å². The van der Waals surface area contributed by atoms with Crippen LogP contribution in [0.5, 0.6) is 11.5 Å². The van der Waals surface area contributed by atoms with E-state index >= 15 is 0 Å². The third-order valence-corrected chi connectivity index (χ3v) is 5.11. The lowest BCUT2D eigenvalue weighted by Gasteiger charge is -2.12. The zero-order valence-corrected chi connectivity index (χ0v) is 18.1. The molecule has 6 heteroatoms. The first-order valence-electron chi connectivity index (χ1n) is 10.7. The van der Waals surface area contributed by atoms with Gasteiger partial charge in [-0.2, -0.15) is 0 Å². The zero-order valence-electron chi connectivity index (χ0n) is 18.1. The number of hydrogen-bond donors (Lipinski definition) is 3. The molecule has 1 heterocycles. The number of anilines is 1. The summed E-state index contributed by atoms with van der Waals surface area (Å²) in [5.74, 6) is 0.961. The number of hydrogen-bond acceptors (Lipinski definition) is 4. The molecule has 0 saturated heterocycles. The van der Waals surface area contributed by atoms with Crippen LogP contribution in [-0.4, -0.2) is 22.7 Å². The maximum absolute atomic E-state index is 12.1. The van der Waals surface area contributed by atoms with Gasteiger partial charge in [0, 0.05) is 31.0 Å². The minimum absolute atomic E-state index is 0.242. The Labute approximate surface area is 192 Å². The number of ether oxygens (including phenoxy) is 1. The van der Waals surface area contributed by atoms with E-state index in [1.807, 2.05) is 60.7 Å². The van der Waals surface area contributed by atoms with Crippen molar-refractivity contribution in [3.05, 3.63) is 108 Å². The average molecular weight is 440 g/mol. The number of urea groups is 1. The molecule has 0 fully saturated rings. The predicted molar refractivity (Wildman–Crippen MR) is 129 cm³/mol. The van der Waals surface area contributed by atoms with E-state index in [4.69, 9.17) is 4.74 Å². The summed E-state index contributed by atoms with van der Waals surface area (Å²) >= 11 is 0.